The summed E-state index contributed by atoms with van der Waals surface area (Å²) >= 11 is 3.32. The van der Waals surface area contributed by atoms with E-state index in [4.69, 9.17) is 9.47 Å². The van der Waals surface area contributed by atoms with Gasteiger partial charge in [0.25, 0.3) is 0 Å². The van der Waals surface area contributed by atoms with Crippen molar-refractivity contribution in [3.8, 4) is 0 Å². The molecular formula is C21H28O4S2. The lowest BCUT2D eigenvalue weighted by atomic mass is 9.76. The van der Waals surface area contributed by atoms with Crippen LogP contribution in [0.5, 0.6) is 0 Å². The van der Waals surface area contributed by atoms with Crippen molar-refractivity contribution in [1.29, 1.82) is 0 Å². The molecule has 0 bridgehead atoms. The van der Waals surface area contributed by atoms with Gasteiger partial charge in [-0.1, -0.05) is 12.1 Å². The SMILES string of the molecule is CC(C)OC(=O)CCC(CCC(=O)OC(C)C)(c1cccs1)c1cccs1. The molecule has 0 aliphatic carbocycles. The van der Waals surface area contributed by atoms with Crippen LogP contribution in [-0.4, -0.2) is 24.1 Å². The van der Waals surface area contributed by atoms with Gasteiger partial charge in [-0.2, -0.15) is 0 Å². The topological polar surface area (TPSA) is 52.6 Å². The lowest BCUT2D eigenvalue weighted by Gasteiger charge is -2.32. The number of hydrogen-bond acceptors (Lipinski definition) is 6. The summed E-state index contributed by atoms with van der Waals surface area (Å²) in [5, 5.41) is 4.08. The van der Waals surface area contributed by atoms with Gasteiger partial charge in [-0.15, -0.1) is 22.7 Å². The summed E-state index contributed by atoms with van der Waals surface area (Å²) in [7, 11) is 0. The first-order valence-electron chi connectivity index (χ1n) is 9.30. The first kappa shape index (κ1) is 21.6. The van der Waals surface area contributed by atoms with Crippen molar-refractivity contribution in [2.45, 2.75) is 71.0 Å². The molecule has 0 radical (unpaired) electrons. The maximum absolute atomic E-state index is 12.2. The van der Waals surface area contributed by atoms with E-state index in [2.05, 4.69) is 12.1 Å². The van der Waals surface area contributed by atoms with Gasteiger partial charge in [0.1, 0.15) is 0 Å². The average Bonchev–Trinajstić information content (AvgIpc) is 3.28. The molecular weight excluding hydrogens is 380 g/mol. The maximum atomic E-state index is 12.2. The third-order valence-corrected chi connectivity index (χ3v) is 6.38. The molecule has 2 heterocycles. The van der Waals surface area contributed by atoms with E-state index < -0.39 is 0 Å². The zero-order chi connectivity index (χ0) is 19.9. The number of thiophene rings is 2. The standard InChI is InChI=1S/C21H28O4S2/c1-15(2)24-19(22)9-11-21(17-7-5-13-26-17,18-8-6-14-27-18)12-10-20(23)25-16(3)4/h5-8,13-16H,9-12H2,1-4H3. The van der Waals surface area contributed by atoms with Crippen molar-refractivity contribution < 1.29 is 19.1 Å². The molecule has 0 atom stereocenters. The van der Waals surface area contributed by atoms with Crippen LogP contribution >= 0.6 is 22.7 Å². The highest BCUT2D eigenvalue weighted by atomic mass is 32.1. The molecule has 0 amide bonds. The van der Waals surface area contributed by atoms with Gasteiger partial charge in [0.15, 0.2) is 0 Å². The van der Waals surface area contributed by atoms with Gasteiger partial charge in [0.05, 0.1) is 12.2 Å². The van der Waals surface area contributed by atoms with Gasteiger partial charge in [-0.3, -0.25) is 9.59 Å². The molecule has 148 valence electrons. The summed E-state index contributed by atoms with van der Waals surface area (Å²) in [6.07, 6.45) is 1.58. The van der Waals surface area contributed by atoms with E-state index in [0.717, 1.165) is 0 Å². The Balaban J connectivity index is 2.27. The van der Waals surface area contributed by atoms with Crippen molar-refractivity contribution in [2.75, 3.05) is 0 Å². The minimum atomic E-state index is -0.381. The molecule has 0 saturated carbocycles. The van der Waals surface area contributed by atoms with Gasteiger partial charge in [-0.05, 0) is 63.4 Å². The van der Waals surface area contributed by atoms with Crippen LogP contribution in [0.1, 0.15) is 63.1 Å². The third kappa shape index (κ3) is 6.18. The van der Waals surface area contributed by atoms with Gasteiger partial charge < -0.3 is 9.47 Å². The molecule has 4 nitrogen and oxygen atoms in total. The van der Waals surface area contributed by atoms with Crippen molar-refractivity contribution in [2.24, 2.45) is 0 Å². The predicted molar refractivity (Wildman–Crippen MR) is 110 cm³/mol. The maximum Gasteiger partial charge on any atom is 0.306 e. The second-order valence-corrected chi connectivity index (χ2v) is 9.01. The summed E-state index contributed by atoms with van der Waals surface area (Å²) in [6, 6.07) is 8.21. The van der Waals surface area contributed by atoms with Crippen LogP contribution in [0.25, 0.3) is 0 Å². The molecule has 2 aromatic heterocycles. The van der Waals surface area contributed by atoms with E-state index in [0.29, 0.717) is 25.7 Å². The number of carbonyl (C=O) groups is 2. The van der Waals surface area contributed by atoms with Crippen molar-refractivity contribution in [3.05, 3.63) is 44.8 Å². The Bertz CT molecular complexity index is 640. The van der Waals surface area contributed by atoms with Gasteiger partial charge in [0.2, 0.25) is 0 Å². The number of carbonyl (C=O) groups excluding carboxylic acids is 2. The third-order valence-electron chi connectivity index (χ3n) is 4.23. The van der Waals surface area contributed by atoms with Crippen LogP contribution in [0.15, 0.2) is 35.0 Å². The molecule has 2 aromatic rings. The summed E-state index contributed by atoms with van der Waals surface area (Å²) in [5.74, 6) is -0.403. The summed E-state index contributed by atoms with van der Waals surface area (Å²) in [5.41, 5.74) is -0.381. The second-order valence-electron chi connectivity index (χ2n) is 7.11. The fourth-order valence-corrected chi connectivity index (χ4v) is 5.18. The molecule has 0 unspecified atom stereocenters. The quantitative estimate of drug-likeness (QED) is 0.483. The normalized spacial score (nSPS) is 11.8. The van der Waals surface area contributed by atoms with Crippen LogP contribution in [0.2, 0.25) is 0 Å². The van der Waals surface area contributed by atoms with Crippen LogP contribution in [0, 0.1) is 0 Å². The van der Waals surface area contributed by atoms with Crippen molar-refractivity contribution >= 4 is 34.6 Å². The Morgan fingerprint density at radius 3 is 1.56 bits per heavy atom. The zero-order valence-corrected chi connectivity index (χ0v) is 18.0. The van der Waals surface area contributed by atoms with Gasteiger partial charge >= 0.3 is 11.9 Å². The molecule has 2 rings (SSSR count). The van der Waals surface area contributed by atoms with Gasteiger partial charge in [-0.25, -0.2) is 0 Å². The van der Waals surface area contributed by atoms with E-state index in [1.54, 1.807) is 22.7 Å². The molecule has 0 fully saturated rings. The smallest absolute Gasteiger partial charge is 0.306 e. The predicted octanol–water partition coefficient (Wildman–Crippen LogP) is 5.56. The Kier molecular flexibility index (Phi) is 8.05. The second kappa shape index (κ2) is 10.0. The molecule has 0 spiro atoms. The number of ether oxygens (including phenoxy) is 2. The molecule has 0 aromatic carbocycles. The Labute approximate surface area is 169 Å². The van der Waals surface area contributed by atoms with E-state index >= 15 is 0 Å². The highest BCUT2D eigenvalue weighted by Gasteiger charge is 2.37. The fourth-order valence-electron chi connectivity index (χ4n) is 3.12. The minimum Gasteiger partial charge on any atom is -0.463 e. The molecule has 0 aliphatic rings. The monoisotopic (exact) mass is 408 g/mol. The first-order chi connectivity index (χ1) is 12.8. The zero-order valence-electron chi connectivity index (χ0n) is 16.4. The molecule has 0 saturated heterocycles. The van der Waals surface area contributed by atoms with Crippen LogP contribution < -0.4 is 0 Å². The van der Waals surface area contributed by atoms with Crippen LogP contribution in [0.3, 0.4) is 0 Å². The lowest BCUT2D eigenvalue weighted by Crippen LogP contribution is -2.29. The highest BCUT2D eigenvalue weighted by molar-refractivity contribution is 7.11. The minimum absolute atomic E-state index is 0.128. The summed E-state index contributed by atoms with van der Waals surface area (Å²) < 4.78 is 10.7. The number of esters is 2. The van der Waals surface area contributed by atoms with E-state index in [9.17, 15) is 9.59 Å². The Morgan fingerprint density at radius 2 is 1.26 bits per heavy atom. The largest absolute Gasteiger partial charge is 0.463 e. The first-order valence-corrected chi connectivity index (χ1v) is 11.1. The number of hydrogen-bond donors (Lipinski definition) is 0. The lowest BCUT2D eigenvalue weighted by molar-refractivity contribution is -0.147. The van der Waals surface area contributed by atoms with E-state index in [1.807, 2.05) is 50.6 Å². The number of rotatable bonds is 10. The molecule has 27 heavy (non-hydrogen) atoms. The molecule has 0 aliphatic heterocycles. The van der Waals surface area contributed by atoms with Crippen molar-refractivity contribution in [1.82, 2.24) is 0 Å². The van der Waals surface area contributed by atoms with Crippen LogP contribution in [0.4, 0.5) is 0 Å². The highest BCUT2D eigenvalue weighted by Crippen LogP contribution is 2.45. The summed E-state index contributed by atoms with van der Waals surface area (Å²) in [4.78, 5) is 26.8. The fraction of sp³-hybridized carbons (Fsp3) is 0.524. The Hall–Kier alpha value is -1.66. The van der Waals surface area contributed by atoms with Crippen LogP contribution in [-0.2, 0) is 24.5 Å². The molecule has 6 heteroatoms. The Morgan fingerprint density at radius 1 is 0.852 bits per heavy atom. The summed E-state index contributed by atoms with van der Waals surface area (Å²) in [6.45, 7) is 7.41. The van der Waals surface area contributed by atoms with E-state index in [1.165, 1.54) is 9.75 Å². The average molecular weight is 409 g/mol. The van der Waals surface area contributed by atoms with Crippen molar-refractivity contribution in [3.63, 3.8) is 0 Å². The van der Waals surface area contributed by atoms with E-state index in [-0.39, 0.29) is 29.6 Å². The van der Waals surface area contributed by atoms with Gasteiger partial charge in [0, 0.05) is 28.0 Å². The molecule has 0 N–H and O–H groups in total.